The lowest BCUT2D eigenvalue weighted by molar-refractivity contribution is -0.119. The molecule has 1 atom stereocenters. The number of halogens is 2. The van der Waals surface area contributed by atoms with E-state index in [9.17, 15) is 9.59 Å². The molecule has 0 saturated heterocycles. The molecule has 0 N–H and O–H groups in total. The molecule has 0 radical (unpaired) electrons. The van der Waals surface area contributed by atoms with Gasteiger partial charge in [-0.05, 0) is 42.7 Å². The molecule has 1 aliphatic carbocycles. The molecule has 2 aliphatic rings. The van der Waals surface area contributed by atoms with Crippen LogP contribution in [0.3, 0.4) is 0 Å². The van der Waals surface area contributed by atoms with Crippen molar-refractivity contribution in [2.24, 2.45) is 0 Å². The molecule has 0 aromatic heterocycles. The van der Waals surface area contributed by atoms with Crippen molar-refractivity contribution >= 4 is 44.9 Å². The summed E-state index contributed by atoms with van der Waals surface area (Å²) in [6, 6.07) is 15.2. The van der Waals surface area contributed by atoms with Crippen molar-refractivity contribution in [1.82, 2.24) is 0 Å². The Labute approximate surface area is 165 Å². The lowest BCUT2D eigenvalue weighted by Gasteiger charge is -2.38. The molecule has 2 aromatic rings. The zero-order valence-electron chi connectivity index (χ0n) is 14.0. The van der Waals surface area contributed by atoms with E-state index in [2.05, 4.69) is 15.9 Å². The molecule has 0 bridgehead atoms. The number of benzene rings is 2. The lowest BCUT2D eigenvalue weighted by atomic mass is 9.77. The second kappa shape index (κ2) is 7.01. The molecule has 1 amide bonds. The smallest absolute Gasteiger partial charge is 0.232 e. The first kappa shape index (κ1) is 17.5. The molecule has 2 aromatic carbocycles. The van der Waals surface area contributed by atoms with Gasteiger partial charge in [0.05, 0.1) is 10.7 Å². The molecule has 26 heavy (non-hydrogen) atoms. The van der Waals surface area contributed by atoms with Crippen LogP contribution in [-0.2, 0) is 9.59 Å². The van der Waals surface area contributed by atoms with Gasteiger partial charge in [0.2, 0.25) is 5.91 Å². The minimum atomic E-state index is -0.193. The van der Waals surface area contributed by atoms with Crippen molar-refractivity contribution in [3.05, 3.63) is 74.9 Å². The molecule has 3 nitrogen and oxygen atoms in total. The highest BCUT2D eigenvalue weighted by Crippen LogP contribution is 2.44. The van der Waals surface area contributed by atoms with Crippen LogP contribution in [0.2, 0.25) is 5.02 Å². The number of Topliss-reactive ketones (excluding diaryl/α,β-unsaturated/α-hetero) is 1. The summed E-state index contributed by atoms with van der Waals surface area (Å²) in [4.78, 5) is 27.6. The molecule has 1 heterocycles. The Morgan fingerprint density at radius 3 is 2.62 bits per heavy atom. The van der Waals surface area contributed by atoms with E-state index in [0.717, 1.165) is 27.7 Å². The monoisotopic (exact) mass is 429 g/mol. The Morgan fingerprint density at radius 2 is 1.85 bits per heavy atom. The molecular formula is C21H17BrClNO2. The van der Waals surface area contributed by atoms with Crippen LogP contribution in [0.1, 0.15) is 37.2 Å². The largest absolute Gasteiger partial charge is 0.294 e. The third-order valence-corrected chi connectivity index (χ3v) is 5.83. The maximum absolute atomic E-state index is 13.1. The number of allylic oxidation sites excluding steroid dienone is 2. The Morgan fingerprint density at radius 1 is 1.04 bits per heavy atom. The van der Waals surface area contributed by atoms with Crippen LogP contribution in [0.25, 0.3) is 0 Å². The molecule has 4 rings (SSSR count). The first-order valence-corrected chi connectivity index (χ1v) is 9.82. The lowest BCUT2D eigenvalue weighted by Crippen LogP contribution is -2.40. The summed E-state index contributed by atoms with van der Waals surface area (Å²) < 4.78 is 0.946. The molecule has 132 valence electrons. The van der Waals surface area contributed by atoms with Crippen molar-refractivity contribution in [3.63, 3.8) is 0 Å². The van der Waals surface area contributed by atoms with Crippen molar-refractivity contribution in [2.75, 3.05) is 4.90 Å². The van der Waals surface area contributed by atoms with Gasteiger partial charge in [-0.1, -0.05) is 51.8 Å². The van der Waals surface area contributed by atoms with Gasteiger partial charge in [0, 0.05) is 34.5 Å². The molecule has 5 heteroatoms. The van der Waals surface area contributed by atoms with Crippen LogP contribution >= 0.6 is 27.5 Å². The Bertz CT molecular complexity index is 937. The van der Waals surface area contributed by atoms with E-state index in [4.69, 9.17) is 11.6 Å². The summed E-state index contributed by atoms with van der Waals surface area (Å²) in [5, 5.41) is 0.520. The second-order valence-electron chi connectivity index (χ2n) is 6.63. The summed E-state index contributed by atoms with van der Waals surface area (Å²) in [5.74, 6) is -0.0705. The van der Waals surface area contributed by atoms with Crippen LogP contribution in [0.15, 0.2) is 64.3 Å². The van der Waals surface area contributed by atoms with E-state index in [0.29, 0.717) is 23.6 Å². The van der Waals surface area contributed by atoms with E-state index < -0.39 is 0 Å². The number of para-hydroxylation sites is 1. The van der Waals surface area contributed by atoms with Gasteiger partial charge in [0.15, 0.2) is 5.78 Å². The molecule has 1 unspecified atom stereocenters. The van der Waals surface area contributed by atoms with Crippen molar-refractivity contribution in [1.29, 1.82) is 0 Å². The zero-order chi connectivity index (χ0) is 18.3. The van der Waals surface area contributed by atoms with Gasteiger partial charge in [0.25, 0.3) is 0 Å². The second-order valence-corrected chi connectivity index (χ2v) is 7.95. The standard InChI is InChI=1S/C21H17BrClNO2/c22-14-6-3-5-13(11-14)15-12-20(26)24(17-8-2-1-7-16(17)23)18-9-4-10-19(25)21(15)18/h1-3,5-8,11,15H,4,9-10,12H2. The third kappa shape index (κ3) is 3.01. The van der Waals surface area contributed by atoms with Crippen LogP contribution in [0, 0.1) is 0 Å². The number of ketones is 1. The number of nitrogens with zero attached hydrogens (tertiary/aromatic N) is 1. The SMILES string of the molecule is O=C1CCCC2=C1C(c1cccc(Br)c1)CC(=O)N2c1ccccc1Cl. The first-order valence-electron chi connectivity index (χ1n) is 8.65. The van der Waals surface area contributed by atoms with Crippen LogP contribution < -0.4 is 4.90 Å². The fraction of sp³-hybridized carbons (Fsp3) is 0.238. The molecular weight excluding hydrogens is 414 g/mol. The predicted molar refractivity (Wildman–Crippen MR) is 106 cm³/mol. The molecule has 1 aliphatic heterocycles. The van der Waals surface area contributed by atoms with Crippen LogP contribution in [0.4, 0.5) is 5.69 Å². The highest BCUT2D eigenvalue weighted by atomic mass is 79.9. The maximum Gasteiger partial charge on any atom is 0.232 e. The van der Waals surface area contributed by atoms with E-state index in [1.165, 1.54) is 0 Å². The number of hydrogen-bond acceptors (Lipinski definition) is 2. The predicted octanol–water partition coefficient (Wildman–Crippen LogP) is 5.63. The van der Waals surface area contributed by atoms with Gasteiger partial charge in [-0.15, -0.1) is 0 Å². The van der Waals surface area contributed by atoms with E-state index >= 15 is 0 Å². The van der Waals surface area contributed by atoms with E-state index in [1.807, 2.05) is 42.5 Å². The normalized spacial score (nSPS) is 20.4. The number of hydrogen-bond donors (Lipinski definition) is 0. The van der Waals surface area contributed by atoms with Crippen molar-refractivity contribution in [2.45, 2.75) is 31.6 Å². The highest BCUT2D eigenvalue weighted by Gasteiger charge is 2.40. The van der Waals surface area contributed by atoms with Gasteiger partial charge in [-0.3, -0.25) is 14.5 Å². The fourth-order valence-electron chi connectivity index (χ4n) is 3.91. The molecule has 0 fully saturated rings. The Kier molecular flexibility index (Phi) is 4.72. The van der Waals surface area contributed by atoms with Gasteiger partial charge in [0.1, 0.15) is 0 Å². The summed E-state index contributed by atoms with van der Waals surface area (Å²) in [6.45, 7) is 0. The number of amides is 1. The molecule has 0 spiro atoms. The average Bonchev–Trinajstić information content (AvgIpc) is 2.62. The minimum Gasteiger partial charge on any atom is -0.294 e. The topological polar surface area (TPSA) is 37.4 Å². The van der Waals surface area contributed by atoms with Crippen LogP contribution in [0.5, 0.6) is 0 Å². The Hall–Kier alpha value is -1.91. The average molecular weight is 431 g/mol. The quantitative estimate of drug-likeness (QED) is 0.619. The number of carbonyl (C=O) groups excluding carboxylic acids is 2. The van der Waals surface area contributed by atoms with Gasteiger partial charge in [-0.25, -0.2) is 0 Å². The summed E-state index contributed by atoms with van der Waals surface area (Å²) in [7, 11) is 0. The third-order valence-electron chi connectivity index (χ3n) is 5.02. The number of anilines is 1. The van der Waals surface area contributed by atoms with Crippen LogP contribution in [-0.4, -0.2) is 11.7 Å². The van der Waals surface area contributed by atoms with Gasteiger partial charge in [-0.2, -0.15) is 0 Å². The highest BCUT2D eigenvalue weighted by molar-refractivity contribution is 9.10. The van der Waals surface area contributed by atoms with Crippen molar-refractivity contribution < 1.29 is 9.59 Å². The number of rotatable bonds is 2. The number of carbonyl (C=O) groups is 2. The maximum atomic E-state index is 13.1. The summed E-state index contributed by atoms with van der Waals surface area (Å²) in [5.41, 5.74) is 3.24. The summed E-state index contributed by atoms with van der Waals surface area (Å²) in [6.07, 6.45) is 2.28. The van der Waals surface area contributed by atoms with Gasteiger partial charge < -0.3 is 0 Å². The fourth-order valence-corrected chi connectivity index (χ4v) is 4.55. The zero-order valence-corrected chi connectivity index (χ0v) is 16.4. The molecule has 0 saturated carbocycles. The summed E-state index contributed by atoms with van der Waals surface area (Å²) >= 11 is 9.85. The van der Waals surface area contributed by atoms with E-state index in [1.54, 1.807) is 11.0 Å². The van der Waals surface area contributed by atoms with E-state index in [-0.39, 0.29) is 24.0 Å². The van der Waals surface area contributed by atoms with Crippen molar-refractivity contribution in [3.8, 4) is 0 Å². The first-order chi connectivity index (χ1) is 12.6. The Balaban J connectivity index is 1.89. The van der Waals surface area contributed by atoms with Gasteiger partial charge >= 0.3 is 0 Å². The minimum absolute atomic E-state index is 0.0171.